The van der Waals surface area contributed by atoms with Crippen molar-refractivity contribution in [2.45, 2.75) is 33.5 Å². The Hall–Kier alpha value is -4.14. The summed E-state index contributed by atoms with van der Waals surface area (Å²) in [5, 5.41) is 11.8. The number of methoxy groups -OCH3 is 1. The Morgan fingerprint density at radius 3 is 2.70 bits per heavy atom. The standard InChI is InChI=1S/C24H24N4O5/c1-15-10-23(30)33-24-16(2)21(9-8-20(15)24)32-14-18-12-28(27-26-18)13-22(29)25-11-17-4-6-19(31-3)7-5-17/h4-10,12H,11,13-14H2,1-3H3,(H,25,29). The molecule has 0 saturated carbocycles. The first-order valence-electron chi connectivity index (χ1n) is 10.4. The van der Waals surface area contributed by atoms with E-state index in [2.05, 4.69) is 15.6 Å². The van der Waals surface area contributed by atoms with E-state index in [0.29, 0.717) is 23.6 Å². The second-order valence-electron chi connectivity index (χ2n) is 7.63. The highest BCUT2D eigenvalue weighted by Gasteiger charge is 2.12. The number of carbonyl (C=O) groups excluding carboxylic acids is 1. The lowest BCUT2D eigenvalue weighted by Crippen LogP contribution is -2.27. The van der Waals surface area contributed by atoms with E-state index >= 15 is 0 Å². The predicted molar refractivity (Wildman–Crippen MR) is 121 cm³/mol. The average Bonchev–Trinajstić information content (AvgIpc) is 3.25. The number of hydrogen-bond donors (Lipinski definition) is 1. The van der Waals surface area contributed by atoms with Crippen molar-refractivity contribution < 1.29 is 18.7 Å². The van der Waals surface area contributed by atoms with Gasteiger partial charge in [-0.3, -0.25) is 4.79 Å². The molecule has 0 fully saturated rings. The average molecular weight is 448 g/mol. The Labute approximate surface area is 189 Å². The van der Waals surface area contributed by atoms with Crippen LogP contribution in [0.1, 0.15) is 22.4 Å². The lowest BCUT2D eigenvalue weighted by atomic mass is 10.1. The summed E-state index contributed by atoms with van der Waals surface area (Å²) in [6.45, 7) is 4.32. The summed E-state index contributed by atoms with van der Waals surface area (Å²) in [5.74, 6) is 1.17. The highest BCUT2D eigenvalue weighted by molar-refractivity contribution is 5.84. The molecular weight excluding hydrogens is 424 g/mol. The van der Waals surface area contributed by atoms with Crippen LogP contribution in [0.2, 0.25) is 0 Å². The predicted octanol–water partition coefficient (Wildman–Crippen LogP) is 2.91. The van der Waals surface area contributed by atoms with E-state index in [-0.39, 0.29) is 19.1 Å². The fourth-order valence-electron chi connectivity index (χ4n) is 3.44. The molecule has 9 heteroatoms. The third kappa shape index (κ3) is 5.20. The van der Waals surface area contributed by atoms with Crippen molar-refractivity contribution >= 4 is 16.9 Å². The van der Waals surface area contributed by atoms with Crippen molar-refractivity contribution in [3.63, 3.8) is 0 Å². The Bertz CT molecular complexity index is 1340. The van der Waals surface area contributed by atoms with Crippen molar-refractivity contribution in [3.05, 3.63) is 81.5 Å². The zero-order chi connectivity index (χ0) is 23.4. The first-order chi connectivity index (χ1) is 15.9. The summed E-state index contributed by atoms with van der Waals surface area (Å²) in [6, 6.07) is 12.6. The van der Waals surface area contributed by atoms with Crippen molar-refractivity contribution in [1.82, 2.24) is 20.3 Å². The van der Waals surface area contributed by atoms with Gasteiger partial charge < -0.3 is 19.2 Å². The number of aromatic nitrogens is 3. The van der Waals surface area contributed by atoms with Gasteiger partial charge in [-0.05, 0) is 49.2 Å². The fraction of sp³-hybridized carbons (Fsp3) is 0.250. The largest absolute Gasteiger partial charge is 0.497 e. The summed E-state index contributed by atoms with van der Waals surface area (Å²) in [6.07, 6.45) is 1.66. The molecule has 1 amide bonds. The van der Waals surface area contributed by atoms with Gasteiger partial charge in [0.2, 0.25) is 5.91 Å². The van der Waals surface area contributed by atoms with Crippen molar-refractivity contribution in [3.8, 4) is 11.5 Å². The highest BCUT2D eigenvalue weighted by Crippen LogP contribution is 2.28. The summed E-state index contributed by atoms with van der Waals surface area (Å²) >= 11 is 0. The lowest BCUT2D eigenvalue weighted by Gasteiger charge is -2.10. The van der Waals surface area contributed by atoms with Gasteiger partial charge in [0.25, 0.3) is 0 Å². The van der Waals surface area contributed by atoms with E-state index in [9.17, 15) is 9.59 Å². The minimum Gasteiger partial charge on any atom is -0.497 e. The van der Waals surface area contributed by atoms with Crippen LogP contribution in [0.5, 0.6) is 11.5 Å². The Morgan fingerprint density at radius 1 is 1.15 bits per heavy atom. The maximum Gasteiger partial charge on any atom is 0.336 e. The molecule has 170 valence electrons. The maximum atomic E-state index is 12.2. The fourth-order valence-corrected chi connectivity index (χ4v) is 3.44. The minimum absolute atomic E-state index is 0.0442. The number of hydrogen-bond acceptors (Lipinski definition) is 7. The van der Waals surface area contributed by atoms with E-state index < -0.39 is 5.63 Å². The Morgan fingerprint density at radius 2 is 1.94 bits per heavy atom. The van der Waals surface area contributed by atoms with E-state index in [1.54, 1.807) is 13.3 Å². The number of benzene rings is 2. The van der Waals surface area contributed by atoms with Crippen LogP contribution in [-0.4, -0.2) is 28.0 Å². The van der Waals surface area contributed by atoms with Gasteiger partial charge in [0.05, 0.1) is 13.3 Å². The molecule has 0 atom stereocenters. The van der Waals surface area contributed by atoms with Crippen LogP contribution < -0.4 is 20.4 Å². The molecule has 2 aromatic carbocycles. The number of ether oxygens (including phenoxy) is 2. The summed E-state index contributed by atoms with van der Waals surface area (Å²) < 4.78 is 17.8. The first kappa shape index (κ1) is 22.1. The van der Waals surface area contributed by atoms with Crippen LogP contribution in [0, 0.1) is 13.8 Å². The number of aryl methyl sites for hydroxylation is 2. The molecule has 0 aliphatic heterocycles. The van der Waals surface area contributed by atoms with E-state index in [0.717, 1.165) is 27.8 Å². The number of rotatable bonds is 8. The molecule has 0 bridgehead atoms. The van der Waals surface area contributed by atoms with Crippen LogP contribution in [0.4, 0.5) is 0 Å². The zero-order valence-corrected chi connectivity index (χ0v) is 18.6. The van der Waals surface area contributed by atoms with Crippen LogP contribution in [0.25, 0.3) is 11.0 Å². The van der Waals surface area contributed by atoms with Crippen molar-refractivity contribution in [2.24, 2.45) is 0 Å². The molecule has 2 heterocycles. The van der Waals surface area contributed by atoms with Gasteiger partial charge in [0, 0.05) is 23.6 Å². The molecular formula is C24H24N4O5. The molecule has 4 aromatic rings. The molecule has 0 aliphatic carbocycles. The van der Waals surface area contributed by atoms with Gasteiger partial charge in [-0.2, -0.15) is 0 Å². The van der Waals surface area contributed by atoms with E-state index in [4.69, 9.17) is 13.9 Å². The van der Waals surface area contributed by atoms with Gasteiger partial charge in [-0.25, -0.2) is 9.48 Å². The van der Waals surface area contributed by atoms with Crippen molar-refractivity contribution in [1.29, 1.82) is 0 Å². The number of carbonyl (C=O) groups is 1. The molecule has 33 heavy (non-hydrogen) atoms. The van der Waals surface area contributed by atoms with Crippen LogP contribution >= 0.6 is 0 Å². The molecule has 0 unspecified atom stereocenters. The number of fused-ring (bicyclic) bond motifs is 1. The second-order valence-corrected chi connectivity index (χ2v) is 7.63. The molecule has 0 radical (unpaired) electrons. The van der Waals surface area contributed by atoms with Crippen LogP contribution in [0.3, 0.4) is 0 Å². The molecule has 0 saturated heterocycles. The lowest BCUT2D eigenvalue weighted by molar-refractivity contribution is -0.122. The Balaban J connectivity index is 1.33. The topological polar surface area (TPSA) is 108 Å². The van der Waals surface area contributed by atoms with Crippen molar-refractivity contribution in [2.75, 3.05) is 7.11 Å². The Kier molecular flexibility index (Phi) is 6.39. The van der Waals surface area contributed by atoms with Gasteiger partial charge in [0.15, 0.2) is 0 Å². The zero-order valence-electron chi connectivity index (χ0n) is 18.6. The van der Waals surface area contributed by atoms with Gasteiger partial charge >= 0.3 is 5.63 Å². The third-order valence-corrected chi connectivity index (χ3v) is 5.23. The summed E-state index contributed by atoms with van der Waals surface area (Å²) in [7, 11) is 1.61. The SMILES string of the molecule is COc1ccc(CNC(=O)Cn2cc(COc3ccc4c(C)cc(=O)oc4c3C)nn2)cc1. The number of nitrogens with one attached hydrogen (secondary N) is 1. The van der Waals surface area contributed by atoms with E-state index in [1.165, 1.54) is 10.7 Å². The molecule has 4 rings (SSSR count). The van der Waals surface area contributed by atoms with E-state index in [1.807, 2.05) is 50.2 Å². The summed E-state index contributed by atoms with van der Waals surface area (Å²) in [5.41, 5.74) is 3.24. The van der Waals surface area contributed by atoms with Crippen LogP contribution in [0.15, 0.2) is 57.9 Å². The smallest absolute Gasteiger partial charge is 0.336 e. The number of amides is 1. The summed E-state index contributed by atoms with van der Waals surface area (Å²) in [4.78, 5) is 24.0. The first-order valence-corrected chi connectivity index (χ1v) is 10.4. The van der Waals surface area contributed by atoms with Gasteiger partial charge in [0.1, 0.15) is 35.9 Å². The normalized spacial score (nSPS) is 10.9. The molecule has 0 spiro atoms. The quantitative estimate of drug-likeness (QED) is 0.413. The molecule has 2 aromatic heterocycles. The second kappa shape index (κ2) is 9.56. The minimum atomic E-state index is -0.395. The monoisotopic (exact) mass is 448 g/mol. The van der Waals surface area contributed by atoms with Gasteiger partial charge in [-0.1, -0.05) is 17.3 Å². The van der Waals surface area contributed by atoms with Gasteiger partial charge in [-0.15, -0.1) is 5.10 Å². The molecule has 0 aliphatic rings. The molecule has 9 nitrogen and oxygen atoms in total. The number of nitrogens with zero attached hydrogens (tertiary/aromatic N) is 3. The molecule has 1 N–H and O–H groups in total. The third-order valence-electron chi connectivity index (χ3n) is 5.23. The van der Waals surface area contributed by atoms with Crippen LogP contribution in [-0.2, 0) is 24.5 Å². The maximum absolute atomic E-state index is 12.2. The highest BCUT2D eigenvalue weighted by atomic mass is 16.5.